The highest BCUT2D eigenvalue weighted by atomic mass is 19.1. The number of aromatic carboxylic acids is 1. The molecule has 4 aromatic rings. The third kappa shape index (κ3) is 5.05. The molecular formula is C26H27FN6O6. The maximum absolute atomic E-state index is 15.1. The number of carbonyl (C=O) groups is 1. The number of hydrogen-bond acceptors (Lipinski definition) is 8. The van der Waals surface area contributed by atoms with E-state index in [1.54, 1.807) is 27.6 Å². The van der Waals surface area contributed by atoms with Gasteiger partial charge in [-0.05, 0) is 25.1 Å². The highest BCUT2D eigenvalue weighted by Crippen LogP contribution is 2.27. The minimum atomic E-state index is -1.35. The van der Waals surface area contributed by atoms with Crippen LogP contribution in [0.3, 0.4) is 0 Å². The summed E-state index contributed by atoms with van der Waals surface area (Å²) in [6.07, 6.45) is 2.08. The van der Waals surface area contributed by atoms with E-state index in [-0.39, 0.29) is 17.6 Å². The van der Waals surface area contributed by atoms with E-state index in [9.17, 15) is 29.9 Å². The summed E-state index contributed by atoms with van der Waals surface area (Å²) in [6, 6.07) is 7.11. The zero-order valence-electron chi connectivity index (χ0n) is 21.2. The van der Waals surface area contributed by atoms with E-state index in [4.69, 9.17) is 0 Å². The molecule has 2 aromatic carbocycles. The first-order chi connectivity index (χ1) is 18.7. The summed E-state index contributed by atoms with van der Waals surface area (Å²) in [5.41, 5.74) is 0.812. The summed E-state index contributed by atoms with van der Waals surface area (Å²) >= 11 is 0. The maximum Gasteiger partial charge on any atom is 0.341 e. The Bertz CT molecular complexity index is 1640. The monoisotopic (exact) mass is 538 g/mol. The molecule has 2 N–H and O–H groups in total. The lowest BCUT2D eigenvalue weighted by atomic mass is 10.1. The lowest BCUT2D eigenvalue weighted by Crippen LogP contribution is -2.49. The lowest BCUT2D eigenvalue weighted by Gasteiger charge is -2.37. The molecule has 1 saturated heterocycles. The molecule has 2 aromatic heterocycles. The Morgan fingerprint density at radius 1 is 1.13 bits per heavy atom. The van der Waals surface area contributed by atoms with Crippen LogP contribution in [0.25, 0.3) is 21.9 Å². The molecule has 1 aliphatic rings. The summed E-state index contributed by atoms with van der Waals surface area (Å²) in [5, 5.41) is 31.2. The van der Waals surface area contributed by atoms with Crippen molar-refractivity contribution < 1.29 is 24.3 Å². The summed E-state index contributed by atoms with van der Waals surface area (Å²) in [6.45, 7) is 4.88. The Balaban J connectivity index is 1.27. The molecule has 13 heteroatoms. The van der Waals surface area contributed by atoms with Crippen molar-refractivity contribution in [2.24, 2.45) is 0 Å². The predicted octanol–water partition coefficient (Wildman–Crippen LogP) is 2.30. The molecule has 0 spiro atoms. The van der Waals surface area contributed by atoms with Gasteiger partial charge in [0.1, 0.15) is 11.4 Å². The number of nitro benzene ring substituents is 1. The van der Waals surface area contributed by atoms with E-state index < -0.39 is 33.8 Å². The SMILES string of the molecule is CCn1cc(C(=O)O)c(=O)c2cc(F)c(N3CCN(CC(O)Cn4cnc5ccc([N+](=O)[O-])cc54)CC3)cc21. The number of piperazine rings is 1. The average molecular weight is 539 g/mol. The number of aliphatic hydroxyl groups excluding tert-OH is 1. The largest absolute Gasteiger partial charge is 0.477 e. The number of carboxylic acid groups (broad SMARTS) is 1. The molecule has 1 unspecified atom stereocenters. The Labute approximate surface area is 221 Å². The number of imidazole rings is 1. The second-order valence-electron chi connectivity index (χ2n) is 9.55. The standard InChI is InChI=1S/C26H27FN6O6/c1-2-30-14-19(26(36)37)25(35)18-10-20(27)23(11-22(18)30)31-7-5-29(6-8-31)12-17(34)13-32-15-28-21-4-3-16(33(38)39)9-24(21)32/h3-4,9-11,14-15,17,34H,2,5-8,12-13H2,1H3,(H,36,37). The summed E-state index contributed by atoms with van der Waals surface area (Å²) in [4.78, 5) is 42.9. The Morgan fingerprint density at radius 2 is 1.87 bits per heavy atom. The topological polar surface area (TPSA) is 147 Å². The second kappa shape index (κ2) is 10.4. The number of non-ortho nitro benzene ring substituents is 1. The second-order valence-corrected chi connectivity index (χ2v) is 9.55. The van der Waals surface area contributed by atoms with Crippen LogP contribution in [0.15, 0.2) is 47.7 Å². The van der Waals surface area contributed by atoms with Crippen molar-refractivity contribution >= 4 is 39.3 Å². The van der Waals surface area contributed by atoms with Crippen molar-refractivity contribution in [3.05, 3.63) is 74.6 Å². The Morgan fingerprint density at radius 3 is 2.54 bits per heavy atom. The number of benzene rings is 2. The predicted molar refractivity (Wildman–Crippen MR) is 142 cm³/mol. The maximum atomic E-state index is 15.1. The number of halogens is 1. The number of nitrogens with zero attached hydrogens (tertiary/aromatic N) is 6. The fourth-order valence-corrected chi connectivity index (χ4v) is 5.11. The molecule has 5 rings (SSSR count). The van der Waals surface area contributed by atoms with Gasteiger partial charge < -0.3 is 24.2 Å². The number of anilines is 1. The highest BCUT2D eigenvalue weighted by molar-refractivity contribution is 5.93. The van der Waals surface area contributed by atoms with Crippen molar-refractivity contribution in [3.63, 3.8) is 0 Å². The number of aryl methyl sites for hydroxylation is 1. The first-order valence-corrected chi connectivity index (χ1v) is 12.5. The minimum absolute atomic E-state index is 0.0251. The van der Waals surface area contributed by atoms with Crippen molar-refractivity contribution in [1.82, 2.24) is 19.0 Å². The number of pyridine rings is 1. The number of fused-ring (bicyclic) bond motifs is 2. The number of aromatic nitrogens is 3. The quantitative estimate of drug-likeness (QED) is 0.255. The van der Waals surface area contributed by atoms with Crippen LogP contribution in [0, 0.1) is 15.9 Å². The molecule has 39 heavy (non-hydrogen) atoms. The van der Waals surface area contributed by atoms with Crippen LogP contribution in [0.1, 0.15) is 17.3 Å². The lowest BCUT2D eigenvalue weighted by molar-refractivity contribution is -0.384. The van der Waals surface area contributed by atoms with Gasteiger partial charge in [0.15, 0.2) is 0 Å². The molecule has 1 atom stereocenters. The molecule has 1 aliphatic heterocycles. The third-order valence-corrected chi connectivity index (χ3v) is 7.12. The van der Waals surface area contributed by atoms with E-state index >= 15 is 4.39 Å². The van der Waals surface area contributed by atoms with E-state index in [1.807, 2.05) is 11.8 Å². The smallest absolute Gasteiger partial charge is 0.341 e. The van der Waals surface area contributed by atoms with E-state index in [2.05, 4.69) is 9.88 Å². The first-order valence-electron chi connectivity index (χ1n) is 12.5. The minimum Gasteiger partial charge on any atom is -0.477 e. The number of rotatable bonds is 8. The van der Waals surface area contributed by atoms with Crippen molar-refractivity contribution in [2.45, 2.75) is 26.1 Å². The molecule has 1 fully saturated rings. The Kier molecular flexibility index (Phi) is 7.02. The average Bonchev–Trinajstić information content (AvgIpc) is 3.31. The van der Waals surface area contributed by atoms with Gasteiger partial charge in [0, 0.05) is 63.0 Å². The van der Waals surface area contributed by atoms with Crippen LogP contribution < -0.4 is 10.3 Å². The van der Waals surface area contributed by atoms with E-state index in [0.717, 1.165) is 6.07 Å². The van der Waals surface area contributed by atoms with Crippen LogP contribution in [-0.4, -0.2) is 79.0 Å². The molecule has 0 aliphatic carbocycles. The molecule has 3 heterocycles. The van der Waals surface area contributed by atoms with Crippen LogP contribution in [-0.2, 0) is 13.1 Å². The van der Waals surface area contributed by atoms with Gasteiger partial charge in [0.05, 0.1) is 46.1 Å². The summed E-state index contributed by atoms with van der Waals surface area (Å²) < 4.78 is 18.5. The molecule has 204 valence electrons. The molecular weight excluding hydrogens is 511 g/mol. The van der Waals surface area contributed by atoms with Crippen LogP contribution in [0.5, 0.6) is 0 Å². The number of aliphatic hydroxyl groups is 1. The van der Waals surface area contributed by atoms with E-state index in [1.165, 1.54) is 18.3 Å². The van der Waals surface area contributed by atoms with Gasteiger partial charge in [-0.15, -0.1) is 0 Å². The first kappa shape index (κ1) is 26.3. The van der Waals surface area contributed by atoms with Gasteiger partial charge in [0.2, 0.25) is 5.43 Å². The highest BCUT2D eigenvalue weighted by Gasteiger charge is 2.24. The number of carboxylic acids is 1. The van der Waals surface area contributed by atoms with Gasteiger partial charge in [0.25, 0.3) is 5.69 Å². The summed E-state index contributed by atoms with van der Waals surface area (Å²) in [7, 11) is 0. The van der Waals surface area contributed by atoms with Gasteiger partial charge in [-0.3, -0.25) is 19.8 Å². The number of β-amino-alcohol motifs (C(OH)–C–C–N with tert-alkyl or cyclic N) is 1. The van der Waals surface area contributed by atoms with E-state index in [0.29, 0.717) is 61.5 Å². The van der Waals surface area contributed by atoms with Crippen LogP contribution >= 0.6 is 0 Å². The fourth-order valence-electron chi connectivity index (χ4n) is 5.11. The molecule has 0 saturated carbocycles. The van der Waals surface area contributed by atoms with Gasteiger partial charge in [-0.25, -0.2) is 14.2 Å². The zero-order valence-corrected chi connectivity index (χ0v) is 21.2. The Hall–Kier alpha value is -4.36. The van der Waals surface area contributed by atoms with Crippen molar-refractivity contribution in [3.8, 4) is 0 Å². The van der Waals surface area contributed by atoms with Gasteiger partial charge in [-0.1, -0.05) is 0 Å². The third-order valence-electron chi connectivity index (χ3n) is 7.12. The van der Waals surface area contributed by atoms with Crippen molar-refractivity contribution in [2.75, 3.05) is 37.6 Å². The van der Waals surface area contributed by atoms with Crippen LogP contribution in [0.4, 0.5) is 15.8 Å². The normalized spacial score (nSPS) is 15.2. The summed E-state index contributed by atoms with van der Waals surface area (Å²) in [5.74, 6) is -1.95. The van der Waals surface area contributed by atoms with Crippen LogP contribution in [0.2, 0.25) is 0 Å². The molecule has 0 bridgehead atoms. The molecule has 0 radical (unpaired) electrons. The van der Waals surface area contributed by atoms with Gasteiger partial charge in [-0.2, -0.15) is 0 Å². The van der Waals surface area contributed by atoms with Gasteiger partial charge >= 0.3 is 5.97 Å². The molecule has 12 nitrogen and oxygen atoms in total. The van der Waals surface area contributed by atoms with Crippen molar-refractivity contribution in [1.29, 1.82) is 0 Å². The number of hydrogen-bond donors (Lipinski definition) is 2. The molecule has 0 amide bonds. The fraction of sp³-hybridized carbons (Fsp3) is 0.346. The zero-order chi connectivity index (χ0) is 27.8. The number of nitro groups is 1.